The molecule has 0 bridgehead atoms. The third kappa shape index (κ3) is 5.10. The van der Waals surface area contributed by atoms with Crippen molar-refractivity contribution in [1.82, 2.24) is 25.2 Å². The summed E-state index contributed by atoms with van der Waals surface area (Å²) in [7, 11) is 0. The highest BCUT2D eigenvalue weighted by molar-refractivity contribution is 7.99. The minimum atomic E-state index is -0.0644. The predicted molar refractivity (Wildman–Crippen MR) is 111 cm³/mol. The molecule has 0 fully saturated rings. The summed E-state index contributed by atoms with van der Waals surface area (Å²) in [5.74, 6) is 7.22. The van der Waals surface area contributed by atoms with Gasteiger partial charge in [0.05, 0.1) is 11.8 Å². The fraction of sp³-hybridized carbons (Fsp3) is 0.300. The topological polar surface area (TPSA) is 98.7 Å². The van der Waals surface area contributed by atoms with Gasteiger partial charge in [-0.1, -0.05) is 55.9 Å². The number of carbonyl (C=O) groups is 1. The molecule has 3 N–H and O–H groups in total. The zero-order valence-electron chi connectivity index (χ0n) is 15.9. The van der Waals surface area contributed by atoms with Crippen LogP contribution in [0.2, 0.25) is 0 Å². The molecule has 8 heteroatoms. The number of amides is 1. The Bertz CT molecular complexity index is 898. The Hall–Kier alpha value is -2.87. The SMILES string of the molecule is CC(C)C[C@@H](NC(=O)CSc1nnc(-c2cccnc2)n1N)c1ccccc1. The summed E-state index contributed by atoms with van der Waals surface area (Å²) in [6.07, 6.45) is 4.23. The van der Waals surface area contributed by atoms with Gasteiger partial charge in [0.1, 0.15) is 0 Å². The van der Waals surface area contributed by atoms with E-state index in [0.717, 1.165) is 17.5 Å². The Labute approximate surface area is 168 Å². The van der Waals surface area contributed by atoms with Crippen LogP contribution in [0, 0.1) is 5.92 Å². The summed E-state index contributed by atoms with van der Waals surface area (Å²) < 4.78 is 1.39. The Balaban J connectivity index is 1.63. The first kappa shape index (κ1) is 19.9. The molecular formula is C20H24N6OS. The first-order chi connectivity index (χ1) is 13.5. The van der Waals surface area contributed by atoms with Gasteiger partial charge in [-0.05, 0) is 30.0 Å². The molecule has 0 aliphatic carbocycles. The molecule has 0 unspecified atom stereocenters. The zero-order valence-corrected chi connectivity index (χ0v) is 16.8. The van der Waals surface area contributed by atoms with E-state index in [4.69, 9.17) is 5.84 Å². The van der Waals surface area contributed by atoms with Crippen molar-refractivity contribution in [2.45, 2.75) is 31.5 Å². The Morgan fingerprint density at radius 3 is 2.64 bits per heavy atom. The van der Waals surface area contributed by atoms with Gasteiger partial charge in [-0.25, -0.2) is 4.68 Å². The van der Waals surface area contributed by atoms with E-state index in [1.165, 1.54) is 16.4 Å². The van der Waals surface area contributed by atoms with Gasteiger partial charge >= 0.3 is 0 Å². The molecule has 0 radical (unpaired) electrons. The monoisotopic (exact) mass is 396 g/mol. The Morgan fingerprint density at radius 2 is 1.96 bits per heavy atom. The van der Waals surface area contributed by atoms with Crippen molar-refractivity contribution in [2.24, 2.45) is 5.92 Å². The number of hydrogen-bond donors (Lipinski definition) is 2. The van der Waals surface area contributed by atoms with E-state index in [0.29, 0.717) is 16.9 Å². The number of nitrogen functional groups attached to an aromatic ring is 1. The van der Waals surface area contributed by atoms with Gasteiger partial charge in [0.2, 0.25) is 11.1 Å². The molecule has 28 heavy (non-hydrogen) atoms. The number of nitrogens with zero attached hydrogens (tertiary/aromatic N) is 4. The molecule has 7 nitrogen and oxygen atoms in total. The van der Waals surface area contributed by atoms with Crippen LogP contribution in [0.15, 0.2) is 60.0 Å². The average Bonchev–Trinajstić information content (AvgIpc) is 3.07. The maximum absolute atomic E-state index is 12.5. The molecule has 1 atom stereocenters. The van der Waals surface area contributed by atoms with Crippen molar-refractivity contribution in [3.63, 3.8) is 0 Å². The highest BCUT2D eigenvalue weighted by atomic mass is 32.2. The van der Waals surface area contributed by atoms with Gasteiger partial charge < -0.3 is 11.2 Å². The largest absolute Gasteiger partial charge is 0.349 e. The van der Waals surface area contributed by atoms with Gasteiger partial charge in [-0.15, -0.1) is 10.2 Å². The molecule has 3 rings (SSSR count). The normalized spacial score (nSPS) is 12.1. The lowest BCUT2D eigenvalue weighted by atomic mass is 9.97. The fourth-order valence-electron chi connectivity index (χ4n) is 2.87. The first-order valence-corrected chi connectivity index (χ1v) is 10.1. The second-order valence-corrected chi connectivity index (χ2v) is 7.81. The lowest BCUT2D eigenvalue weighted by Gasteiger charge is -2.21. The number of rotatable bonds is 8. The molecule has 0 spiro atoms. The number of nitrogens with two attached hydrogens (primary N) is 1. The highest BCUT2D eigenvalue weighted by Gasteiger charge is 2.18. The van der Waals surface area contributed by atoms with Gasteiger partial charge in [-0.2, -0.15) is 0 Å². The molecule has 0 aliphatic rings. The van der Waals surface area contributed by atoms with Crippen LogP contribution in [0.1, 0.15) is 31.9 Å². The van der Waals surface area contributed by atoms with Gasteiger partial charge in [-0.3, -0.25) is 9.78 Å². The molecule has 0 aliphatic heterocycles. The third-order valence-corrected chi connectivity index (χ3v) is 5.10. The van der Waals surface area contributed by atoms with Crippen LogP contribution in [0.5, 0.6) is 0 Å². The molecule has 1 aromatic carbocycles. The smallest absolute Gasteiger partial charge is 0.230 e. The van der Waals surface area contributed by atoms with E-state index in [-0.39, 0.29) is 17.7 Å². The van der Waals surface area contributed by atoms with Crippen molar-refractivity contribution in [3.8, 4) is 11.4 Å². The van der Waals surface area contributed by atoms with E-state index < -0.39 is 0 Å². The lowest BCUT2D eigenvalue weighted by Crippen LogP contribution is -2.31. The number of nitrogens with one attached hydrogen (secondary N) is 1. The predicted octanol–water partition coefficient (Wildman–Crippen LogP) is 3.05. The summed E-state index contributed by atoms with van der Waals surface area (Å²) in [6, 6.07) is 13.7. The van der Waals surface area contributed by atoms with Crippen LogP contribution in [-0.2, 0) is 4.79 Å². The number of thioether (sulfide) groups is 1. The summed E-state index contributed by atoms with van der Waals surface area (Å²) in [5.41, 5.74) is 1.88. The summed E-state index contributed by atoms with van der Waals surface area (Å²) in [5, 5.41) is 11.8. The van der Waals surface area contributed by atoms with E-state index in [9.17, 15) is 4.79 Å². The molecule has 2 heterocycles. The summed E-state index contributed by atoms with van der Waals surface area (Å²) in [6.45, 7) is 4.29. The van der Waals surface area contributed by atoms with Crippen LogP contribution in [0.25, 0.3) is 11.4 Å². The van der Waals surface area contributed by atoms with Gasteiger partial charge in [0.15, 0.2) is 5.82 Å². The number of benzene rings is 1. The van der Waals surface area contributed by atoms with E-state index in [1.54, 1.807) is 12.4 Å². The molecule has 146 valence electrons. The van der Waals surface area contributed by atoms with E-state index in [1.807, 2.05) is 42.5 Å². The summed E-state index contributed by atoms with van der Waals surface area (Å²) >= 11 is 1.26. The number of hydrogen-bond acceptors (Lipinski definition) is 6. The van der Waals surface area contributed by atoms with Crippen molar-refractivity contribution < 1.29 is 4.79 Å². The lowest BCUT2D eigenvalue weighted by molar-refractivity contribution is -0.119. The van der Waals surface area contributed by atoms with Crippen molar-refractivity contribution in [3.05, 3.63) is 60.4 Å². The molecule has 0 saturated carbocycles. The van der Waals surface area contributed by atoms with Crippen molar-refractivity contribution in [2.75, 3.05) is 11.6 Å². The standard InChI is InChI=1S/C20H24N6OS/c1-14(2)11-17(15-7-4-3-5-8-15)23-18(27)13-28-20-25-24-19(26(20)21)16-9-6-10-22-12-16/h3-10,12,14,17H,11,13,21H2,1-2H3,(H,23,27)/t17-/m1/s1. The van der Waals surface area contributed by atoms with Crippen molar-refractivity contribution >= 4 is 17.7 Å². The number of carbonyl (C=O) groups excluding carboxylic acids is 1. The molecule has 0 saturated heterocycles. The molecule has 3 aromatic rings. The Morgan fingerprint density at radius 1 is 1.18 bits per heavy atom. The molecule has 2 aromatic heterocycles. The average molecular weight is 397 g/mol. The fourth-order valence-corrected chi connectivity index (χ4v) is 3.54. The third-order valence-electron chi connectivity index (χ3n) is 4.16. The van der Waals surface area contributed by atoms with Crippen LogP contribution in [0.3, 0.4) is 0 Å². The van der Waals surface area contributed by atoms with Crippen LogP contribution in [0.4, 0.5) is 0 Å². The highest BCUT2D eigenvalue weighted by Crippen LogP contribution is 2.23. The number of pyridine rings is 1. The first-order valence-electron chi connectivity index (χ1n) is 9.12. The van der Waals surface area contributed by atoms with E-state index >= 15 is 0 Å². The quantitative estimate of drug-likeness (QED) is 0.448. The second-order valence-electron chi connectivity index (χ2n) is 6.87. The second kappa shape index (κ2) is 9.36. The maximum Gasteiger partial charge on any atom is 0.230 e. The molecule has 1 amide bonds. The minimum absolute atomic E-state index is 0.0176. The summed E-state index contributed by atoms with van der Waals surface area (Å²) in [4.78, 5) is 16.6. The van der Waals surface area contributed by atoms with Crippen LogP contribution in [-0.4, -0.2) is 31.5 Å². The minimum Gasteiger partial charge on any atom is -0.349 e. The zero-order chi connectivity index (χ0) is 19.9. The number of aromatic nitrogens is 4. The van der Waals surface area contributed by atoms with E-state index in [2.05, 4.69) is 34.3 Å². The van der Waals surface area contributed by atoms with Gasteiger partial charge in [0, 0.05) is 18.0 Å². The van der Waals surface area contributed by atoms with Gasteiger partial charge in [0.25, 0.3) is 0 Å². The maximum atomic E-state index is 12.5. The van der Waals surface area contributed by atoms with Crippen LogP contribution < -0.4 is 11.2 Å². The Kier molecular flexibility index (Phi) is 6.65. The molecular weight excluding hydrogens is 372 g/mol. The van der Waals surface area contributed by atoms with Crippen LogP contribution >= 0.6 is 11.8 Å². The van der Waals surface area contributed by atoms with Crippen molar-refractivity contribution in [1.29, 1.82) is 0 Å².